The van der Waals surface area contributed by atoms with Crippen molar-refractivity contribution in [3.8, 4) is 11.1 Å². The predicted molar refractivity (Wildman–Crippen MR) is 124 cm³/mol. The second kappa shape index (κ2) is 10.1. The molecule has 0 spiro atoms. The fourth-order valence-electron chi connectivity index (χ4n) is 4.52. The molecule has 4 rings (SSSR count). The Bertz CT molecular complexity index is 987. The zero-order valence-electron chi connectivity index (χ0n) is 18.8. The summed E-state index contributed by atoms with van der Waals surface area (Å²) in [5, 5.41) is 14.7. The number of carbonyl (C=O) groups is 3. The number of unbranched alkanes of at least 4 members (excludes halogenated alkanes) is 1. The number of amides is 2. The number of benzene rings is 2. The van der Waals surface area contributed by atoms with E-state index in [4.69, 9.17) is 4.74 Å². The van der Waals surface area contributed by atoms with E-state index in [2.05, 4.69) is 22.8 Å². The molecule has 2 amide bonds. The van der Waals surface area contributed by atoms with Crippen LogP contribution in [-0.4, -0.2) is 41.8 Å². The van der Waals surface area contributed by atoms with Crippen LogP contribution in [0.5, 0.6) is 0 Å². The molecule has 2 aliphatic rings. The van der Waals surface area contributed by atoms with Gasteiger partial charge in [0.1, 0.15) is 18.7 Å². The van der Waals surface area contributed by atoms with Gasteiger partial charge in [0, 0.05) is 5.92 Å². The lowest BCUT2D eigenvalue weighted by Crippen LogP contribution is -2.52. The first kappa shape index (κ1) is 22.8. The second-order valence-electron chi connectivity index (χ2n) is 8.83. The maximum atomic E-state index is 12.8. The SMILES string of the molecule is CCCC[C@H](NC(=O)C(NC(=O)OCC1c2ccccc2-c2ccccc21)C1CC1)C(=O)O. The van der Waals surface area contributed by atoms with Gasteiger partial charge in [0.05, 0.1) is 0 Å². The Labute approximate surface area is 193 Å². The molecule has 7 nitrogen and oxygen atoms in total. The number of hydrogen-bond acceptors (Lipinski definition) is 4. The Morgan fingerprint density at radius 1 is 1.00 bits per heavy atom. The predicted octanol–water partition coefficient (Wildman–Crippen LogP) is 4.06. The highest BCUT2D eigenvalue weighted by atomic mass is 16.5. The highest BCUT2D eigenvalue weighted by Crippen LogP contribution is 2.44. The first-order valence-corrected chi connectivity index (χ1v) is 11.6. The summed E-state index contributed by atoms with van der Waals surface area (Å²) in [7, 11) is 0. The molecular weight excluding hydrogens is 420 g/mol. The summed E-state index contributed by atoms with van der Waals surface area (Å²) >= 11 is 0. The van der Waals surface area contributed by atoms with Crippen molar-refractivity contribution in [3.05, 3.63) is 59.7 Å². The average molecular weight is 451 g/mol. The van der Waals surface area contributed by atoms with Crippen LogP contribution in [0.3, 0.4) is 0 Å². The molecule has 1 fully saturated rings. The third kappa shape index (κ3) is 5.18. The second-order valence-corrected chi connectivity index (χ2v) is 8.83. The van der Waals surface area contributed by atoms with Gasteiger partial charge in [-0.2, -0.15) is 0 Å². The van der Waals surface area contributed by atoms with Crippen molar-refractivity contribution in [1.82, 2.24) is 10.6 Å². The minimum absolute atomic E-state index is 0.00565. The summed E-state index contributed by atoms with van der Waals surface area (Å²) in [6.45, 7) is 2.12. The molecule has 174 valence electrons. The third-order valence-electron chi connectivity index (χ3n) is 6.45. The molecule has 7 heteroatoms. The van der Waals surface area contributed by atoms with Crippen molar-refractivity contribution >= 4 is 18.0 Å². The Morgan fingerprint density at radius 3 is 2.15 bits per heavy atom. The molecule has 2 aromatic rings. The molecule has 2 aromatic carbocycles. The quantitative estimate of drug-likeness (QED) is 0.506. The van der Waals surface area contributed by atoms with Crippen LogP contribution in [0.25, 0.3) is 11.1 Å². The molecule has 1 unspecified atom stereocenters. The molecule has 0 aliphatic heterocycles. The number of carboxylic acids is 1. The van der Waals surface area contributed by atoms with Crippen LogP contribution >= 0.6 is 0 Å². The summed E-state index contributed by atoms with van der Waals surface area (Å²) < 4.78 is 5.57. The molecule has 2 aliphatic carbocycles. The molecule has 0 aromatic heterocycles. The van der Waals surface area contributed by atoms with Crippen molar-refractivity contribution < 1.29 is 24.2 Å². The number of ether oxygens (including phenoxy) is 1. The first-order valence-electron chi connectivity index (χ1n) is 11.6. The lowest BCUT2D eigenvalue weighted by Gasteiger charge is -2.22. The Morgan fingerprint density at radius 2 is 1.61 bits per heavy atom. The number of alkyl carbamates (subject to hydrolysis) is 1. The lowest BCUT2D eigenvalue weighted by molar-refractivity contribution is -0.142. The van der Waals surface area contributed by atoms with Gasteiger partial charge in [-0.05, 0) is 47.4 Å². The van der Waals surface area contributed by atoms with Gasteiger partial charge in [0.2, 0.25) is 5.91 Å². The molecule has 0 saturated heterocycles. The number of fused-ring (bicyclic) bond motifs is 3. The zero-order valence-corrected chi connectivity index (χ0v) is 18.8. The van der Waals surface area contributed by atoms with E-state index in [1.807, 2.05) is 43.3 Å². The number of rotatable bonds is 10. The maximum absolute atomic E-state index is 12.8. The van der Waals surface area contributed by atoms with E-state index >= 15 is 0 Å². The highest BCUT2D eigenvalue weighted by molar-refractivity contribution is 5.89. The van der Waals surface area contributed by atoms with E-state index in [1.165, 1.54) is 0 Å². The van der Waals surface area contributed by atoms with Gasteiger partial charge in [-0.25, -0.2) is 9.59 Å². The molecule has 3 N–H and O–H groups in total. The average Bonchev–Trinajstić information content (AvgIpc) is 3.61. The lowest BCUT2D eigenvalue weighted by atomic mass is 9.98. The van der Waals surface area contributed by atoms with Crippen LogP contribution in [0.2, 0.25) is 0 Å². The monoisotopic (exact) mass is 450 g/mol. The molecule has 33 heavy (non-hydrogen) atoms. The Balaban J connectivity index is 1.38. The van der Waals surface area contributed by atoms with Crippen molar-refractivity contribution in [2.24, 2.45) is 5.92 Å². The van der Waals surface area contributed by atoms with E-state index in [1.54, 1.807) is 0 Å². The molecule has 0 radical (unpaired) electrons. The number of carboxylic acid groups (broad SMARTS) is 1. The Hall–Kier alpha value is -3.35. The van der Waals surface area contributed by atoms with Crippen molar-refractivity contribution in [3.63, 3.8) is 0 Å². The van der Waals surface area contributed by atoms with Crippen LogP contribution in [0, 0.1) is 5.92 Å². The van der Waals surface area contributed by atoms with Gasteiger partial charge in [0.25, 0.3) is 0 Å². The van der Waals surface area contributed by atoms with Gasteiger partial charge in [0.15, 0.2) is 0 Å². The van der Waals surface area contributed by atoms with Gasteiger partial charge >= 0.3 is 12.1 Å². The van der Waals surface area contributed by atoms with E-state index in [0.29, 0.717) is 12.8 Å². The normalized spacial score (nSPS) is 16.3. The van der Waals surface area contributed by atoms with E-state index in [-0.39, 0.29) is 18.4 Å². The fourth-order valence-corrected chi connectivity index (χ4v) is 4.52. The van der Waals surface area contributed by atoms with Crippen molar-refractivity contribution in [1.29, 1.82) is 0 Å². The first-order chi connectivity index (χ1) is 16.0. The van der Waals surface area contributed by atoms with Crippen LogP contribution in [0.4, 0.5) is 4.79 Å². The van der Waals surface area contributed by atoms with E-state index < -0.39 is 30.1 Å². The van der Waals surface area contributed by atoms with Gasteiger partial charge < -0.3 is 20.5 Å². The number of hydrogen-bond donors (Lipinski definition) is 3. The summed E-state index contributed by atoms with van der Waals surface area (Å²) in [6.07, 6.45) is 2.86. The number of aliphatic carboxylic acids is 1. The van der Waals surface area contributed by atoms with Crippen molar-refractivity contribution in [2.45, 2.75) is 57.0 Å². The van der Waals surface area contributed by atoms with Crippen molar-refractivity contribution in [2.75, 3.05) is 6.61 Å². The molecule has 0 heterocycles. The summed E-state index contributed by atoms with van der Waals surface area (Å²) in [5.41, 5.74) is 4.51. The van der Waals surface area contributed by atoms with Gasteiger partial charge in [-0.3, -0.25) is 4.79 Å². The fraction of sp³-hybridized carbons (Fsp3) is 0.423. The Kier molecular flexibility index (Phi) is 6.96. The standard InChI is InChI=1S/C26H30N2O5/c1-2-3-12-22(25(30)31)27-24(29)23(16-13-14-16)28-26(32)33-15-21-19-10-6-4-8-17(19)18-9-5-7-11-20(18)21/h4-11,16,21-23H,2-3,12-15H2,1H3,(H,27,29)(H,28,32)(H,30,31)/t22-,23?/m0/s1. The minimum Gasteiger partial charge on any atom is -0.480 e. The molecule has 2 atom stereocenters. The highest BCUT2D eigenvalue weighted by Gasteiger charge is 2.39. The van der Waals surface area contributed by atoms with Gasteiger partial charge in [-0.1, -0.05) is 68.3 Å². The van der Waals surface area contributed by atoms with Crippen LogP contribution in [-0.2, 0) is 14.3 Å². The largest absolute Gasteiger partial charge is 0.480 e. The number of nitrogens with one attached hydrogen (secondary N) is 2. The summed E-state index contributed by atoms with van der Waals surface area (Å²) in [4.78, 5) is 36.9. The minimum atomic E-state index is -1.06. The van der Waals surface area contributed by atoms with Crippen LogP contribution in [0.15, 0.2) is 48.5 Å². The molecular formula is C26H30N2O5. The van der Waals surface area contributed by atoms with Crippen LogP contribution < -0.4 is 10.6 Å². The van der Waals surface area contributed by atoms with E-state index in [9.17, 15) is 19.5 Å². The smallest absolute Gasteiger partial charge is 0.407 e. The summed E-state index contributed by atoms with van der Waals surface area (Å²) in [6, 6.07) is 14.4. The summed E-state index contributed by atoms with van der Waals surface area (Å²) in [5.74, 6) is -1.59. The van der Waals surface area contributed by atoms with Crippen LogP contribution in [0.1, 0.15) is 56.1 Å². The third-order valence-corrected chi connectivity index (χ3v) is 6.45. The number of carbonyl (C=O) groups excluding carboxylic acids is 2. The zero-order chi connectivity index (χ0) is 23.4. The van der Waals surface area contributed by atoms with E-state index in [0.717, 1.165) is 41.5 Å². The van der Waals surface area contributed by atoms with Gasteiger partial charge in [-0.15, -0.1) is 0 Å². The topological polar surface area (TPSA) is 105 Å². The molecule has 0 bridgehead atoms. The maximum Gasteiger partial charge on any atom is 0.407 e. The molecule has 1 saturated carbocycles.